The summed E-state index contributed by atoms with van der Waals surface area (Å²) < 4.78 is 40.3. The Hall–Kier alpha value is -1.78. The number of rotatable bonds is 0. The zero-order valence-corrected chi connectivity index (χ0v) is 8.86. The van der Waals surface area contributed by atoms with Gasteiger partial charge in [-0.15, -0.1) is 0 Å². The van der Waals surface area contributed by atoms with E-state index in [1.807, 2.05) is 0 Å². The van der Waals surface area contributed by atoms with E-state index in [2.05, 4.69) is 4.98 Å². The molecule has 0 bridgehead atoms. The van der Waals surface area contributed by atoms with Gasteiger partial charge < -0.3 is 5.73 Å². The Morgan fingerprint density at radius 2 is 1.88 bits per heavy atom. The summed E-state index contributed by atoms with van der Waals surface area (Å²) in [5.41, 5.74) is 7.13. The van der Waals surface area contributed by atoms with Crippen LogP contribution in [0.5, 0.6) is 0 Å². The molecule has 1 aliphatic carbocycles. The Kier molecular flexibility index (Phi) is 2.05. The third-order valence-corrected chi connectivity index (χ3v) is 3.18. The average Bonchev–Trinajstić information content (AvgIpc) is 2.74. The van der Waals surface area contributed by atoms with Gasteiger partial charge in [-0.2, -0.15) is 0 Å². The van der Waals surface area contributed by atoms with E-state index >= 15 is 0 Å². The molecule has 0 fully saturated rings. The number of hydrogen-bond donors (Lipinski definition) is 1. The summed E-state index contributed by atoms with van der Waals surface area (Å²) in [4.78, 5) is 4.00. The maximum atomic E-state index is 13.6. The first-order valence-corrected chi connectivity index (χ1v) is 5.34. The second-order valence-electron chi connectivity index (χ2n) is 4.18. The van der Waals surface area contributed by atoms with Crippen molar-refractivity contribution < 1.29 is 13.2 Å². The van der Waals surface area contributed by atoms with Crippen LogP contribution in [0.3, 0.4) is 0 Å². The molecule has 0 atom stereocenters. The Balaban J connectivity index is 2.51. The number of halogens is 3. The molecular formula is C12H9F3N2. The molecule has 0 unspecified atom stereocenters. The van der Waals surface area contributed by atoms with Crippen molar-refractivity contribution >= 4 is 16.6 Å². The number of aromatic nitrogens is 1. The van der Waals surface area contributed by atoms with Crippen LogP contribution in [-0.2, 0) is 12.8 Å². The zero-order valence-electron chi connectivity index (χ0n) is 8.86. The predicted octanol–water partition coefficient (Wildman–Crippen LogP) is 2.72. The lowest BCUT2D eigenvalue weighted by atomic mass is 10.1. The lowest BCUT2D eigenvalue weighted by molar-refractivity contribution is 0.504. The third kappa shape index (κ3) is 1.31. The molecule has 0 saturated carbocycles. The molecule has 0 saturated heterocycles. The van der Waals surface area contributed by atoms with Crippen LogP contribution in [0.25, 0.3) is 10.9 Å². The molecule has 0 amide bonds. The number of aryl methyl sites for hydroxylation is 1. The average molecular weight is 238 g/mol. The van der Waals surface area contributed by atoms with Crippen molar-refractivity contribution in [1.29, 1.82) is 0 Å². The van der Waals surface area contributed by atoms with Gasteiger partial charge in [0, 0.05) is 17.4 Å². The van der Waals surface area contributed by atoms with Gasteiger partial charge in [-0.05, 0) is 24.8 Å². The smallest absolute Gasteiger partial charge is 0.185 e. The summed E-state index contributed by atoms with van der Waals surface area (Å²) in [6, 6.07) is 0.511. The Bertz CT molecular complexity index is 638. The molecule has 0 spiro atoms. The maximum Gasteiger partial charge on any atom is 0.185 e. The number of nitrogens with two attached hydrogens (primary N) is 1. The maximum absolute atomic E-state index is 13.6. The molecule has 1 aromatic carbocycles. The minimum atomic E-state index is -1.24. The summed E-state index contributed by atoms with van der Waals surface area (Å²) in [5, 5.41) is -0.107. The van der Waals surface area contributed by atoms with Crippen molar-refractivity contribution in [3.8, 4) is 0 Å². The first-order chi connectivity index (χ1) is 8.09. The fourth-order valence-electron chi connectivity index (χ4n) is 2.37. The van der Waals surface area contributed by atoms with Crippen LogP contribution in [0.4, 0.5) is 18.9 Å². The standard InChI is InChI=1S/C12H9F3N2/c13-6-4-7(14)10(15)12-9(6)11(16)5-2-1-3-8(5)17-12/h4H,1-3H2,(H2,16,17). The van der Waals surface area contributed by atoms with Gasteiger partial charge in [0.05, 0.1) is 5.39 Å². The predicted molar refractivity (Wildman–Crippen MR) is 58.1 cm³/mol. The number of nitrogens with zero attached hydrogens (tertiary/aromatic N) is 1. The second kappa shape index (κ2) is 3.35. The molecule has 2 nitrogen and oxygen atoms in total. The molecule has 0 aliphatic heterocycles. The molecule has 1 aliphatic rings. The lowest BCUT2D eigenvalue weighted by Crippen LogP contribution is -2.03. The van der Waals surface area contributed by atoms with Crippen molar-refractivity contribution in [1.82, 2.24) is 4.98 Å². The van der Waals surface area contributed by atoms with Crippen LogP contribution in [0.1, 0.15) is 17.7 Å². The highest BCUT2D eigenvalue weighted by atomic mass is 19.2. The van der Waals surface area contributed by atoms with Crippen molar-refractivity contribution in [2.75, 3.05) is 5.73 Å². The molecule has 17 heavy (non-hydrogen) atoms. The number of nitrogen functional groups attached to an aromatic ring is 1. The lowest BCUT2D eigenvalue weighted by Gasteiger charge is -2.09. The molecule has 2 N–H and O–H groups in total. The summed E-state index contributed by atoms with van der Waals surface area (Å²) in [7, 11) is 0. The van der Waals surface area contributed by atoms with Gasteiger partial charge in [0.1, 0.15) is 11.3 Å². The number of pyridine rings is 1. The van der Waals surface area contributed by atoms with Crippen molar-refractivity contribution in [2.45, 2.75) is 19.3 Å². The number of hydrogen-bond acceptors (Lipinski definition) is 2. The van der Waals surface area contributed by atoms with Crippen molar-refractivity contribution in [2.24, 2.45) is 0 Å². The summed E-state index contributed by atoms with van der Waals surface area (Å²) in [6.45, 7) is 0. The highest BCUT2D eigenvalue weighted by Gasteiger charge is 2.23. The van der Waals surface area contributed by atoms with Gasteiger partial charge in [-0.25, -0.2) is 18.2 Å². The minimum absolute atomic E-state index is 0.107. The molecule has 3 rings (SSSR count). The van der Waals surface area contributed by atoms with Gasteiger partial charge >= 0.3 is 0 Å². The fraction of sp³-hybridized carbons (Fsp3) is 0.250. The molecule has 5 heteroatoms. The Labute approximate surface area is 95.3 Å². The molecule has 0 radical (unpaired) electrons. The van der Waals surface area contributed by atoms with Crippen molar-refractivity contribution in [3.05, 3.63) is 34.8 Å². The van der Waals surface area contributed by atoms with Crippen LogP contribution in [0.2, 0.25) is 0 Å². The topological polar surface area (TPSA) is 38.9 Å². The largest absolute Gasteiger partial charge is 0.398 e. The van der Waals surface area contributed by atoms with Crippen LogP contribution in [0, 0.1) is 17.5 Å². The zero-order chi connectivity index (χ0) is 12.2. The van der Waals surface area contributed by atoms with E-state index in [4.69, 9.17) is 5.73 Å². The molecule has 88 valence electrons. The van der Waals surface area contributed by atoms with E-state index in [1.54, 1.807) is 0 Å². The summed E-state index contributed by atoms with van der Waals surface area (Å²) in [6.07, 6.45) is 2.24. The van der Waals surface area contributed by atoms with Crippen LogP contribution < -0.4 is 5.73 Å². The first-order valence-electron chi connectivity index (χ1n) is 5.34. The SMILES string of the molecule is Nc1c2c(nc3c(F)c(F)cc(F)c13)CCC2. The van der Waals surface area contributed by atoms with Gasteiger partial charge in [0.15, 0.2) is 11.6 Å². The summed E-state index contributed by atoms with van der Waals surface area (Å²) >= 11 is 0. The Morgan fingerprint density at radius 1 is 1.12 bits per heavy atom. The highest BCUT2D eigenvalue weighted by Crippen LogP contribution is 2.34. The molecule has 2 aromatic rings. The van der Waals surface area contributed by atoms with Crippen molar-refractivity contribution in [3.63, 3.8) is 0 Å². The van der Waals surface area contributed by atoms with Gasteiger partial charge in [-0.1, -0.05) is 0 Å². The van der Waals surface area contributed by atoms with Crippen LogP contribution in [-0.4, -0.2) is 4.98 Å². The van der Waals surface area contributed by atoms with E-state index in [1.165, 1.54) is 0 Å². The number of fused-ring (bicyclic) bond motifs is 2. The van der Waals surface area contributed by atoms with E-state index in [-0.39, 0.29) is 16.6 Å². The van der Waals surface area contributed by atoms with E-state index < -0.39 is 17.5 Å². The highest BCUT2D eigenvalue weighted by molar-refractivity contribution is 5.93. The summed E-state index contributed by atoms with van der Waals surface area (Å²) in [5.74, 6) is -3.23. The molecule has 1 heterocycles. The van der Waals surface area contributed by atoms with Gasteiger partial charge in [0.2, 0.25) is 0 Å². The molecular weight excluding hydrogens is 229 g/mol. The van der Waals surface area contributed by atoms with E-state index in [0.29, 0.717) is 24.6 Å². The number of anilines is 1. The third-order valence-electron chi connectivity index (χ3n) is 3.18. The Morgan fingerprint density at radius 3 is 2.65 bits per heavy atom. The van der Waals surface area contributed by atoms with Gasteiger partial charge in [0.25, 0.3) is 0 Å². The number of benzene rings is 1. The molecule has 1 aromatic heterocycles. The van der Waals surface area contributed by atoms with E-state index in [9.17, 15) is 13.2 Å². The van der Waals surface area contributed by atoms with Crippen LogP contribution >= 0.6 is 0 Å². The fourth-order valence-corrected chi connectivity index (χ4v) is 2.37. The first kappa shape index (κ1) is 10.4. The second-order valence-corrected chi connectivity index (χ2v) is 4.18. The van der Waals surface area contributed by atoms with E-state index in [0.717, 1.165) is 12.0 Å². The minimum Gasteiger partial charge on any atom is -0.398 e. The van der Waals surface area contributed by atoms with Gasteiger partial charge in [-0.3, -0.25) is 0 Å². The quantitative estimate of drug-likeness (QED) is 0.717. The monoisotopic (exact) mass is 238 g/mol. The normalized spacial score (nSPS) is 14.3. The van der Waals surface area contributed by atoms with Crippen LogP contribution in [0.15, 0.2) is 6.07 Å².